The van der Waals surface area contributed by atoms with Gasteiger partial charge in [0.25, 0.3) is 11.8 Å². The van der Waals surface area contributed by atoms with E-state index in [1.807, 2.05) is 6.92 Å². The van der Waals surface area contributed by atoms with Gasteiger partial charge in [-0.15, -0.1) is 24.0 Å². The first kappa shape index (κ1) is 19.7. The smallest absolute Gasteiger partial charge is 0.261 e. The van der Waals surface area contributed by atoms with Crippen molar-refractivity contribution in [3.63, 3.8) is 0 Å². The molecular weight excluding hydrogens is 431 g/mol. The largest absolute Gasteiger partial charge is 0.357 e. The first-order valence-corrected chi connectivity index (χ1v) is 8.70. The quantitative estimate of drug-likeness (QED) is 0.309. The SMILES string of the molecule is CCNC(=NCCN1C(=O)c2ccccc2C1=O)NC1CCCC1.I. The molecular formula is C18H25IN4O2. The summed E-state index contributed by atoms with van der Waals surface area (Å²) in [6.07, 6.45) is 4.85. The molecule has 0 saturated heterocycles. The fraction of sp³-hybridized carbons (Fsp3) is 0.500. The van der Waals surface area contributed by atoms with Gasteiger partial charge in [-0.1, -0.05) is 25.0 Å². The van der Waals surface area contributed by atoms with E-state index in [4.69, 9.17) is 0 Å². The lowest BCUT2D eigenvalue weighted by molar-refractivity contribution is 0.0659. The second-order valence-corrected chi connectivity index (χ2v) is 6.19. The standard InChI is InChI=1S/C18H24N4O2.HI/c1-2-19-18(21-13-7-3-4-8-13)20-11-12-22-16(23)14-9-5-6-10-15(14)17(22)24;/h5-6,9-10,13H,2-4,7-8,11-12H2,1H3,(H2,19,20,21);1H. The number of nitrogens with zero attached hydrogens (tertiary/aromatic N) is 2. The maximum absolute atomic E-state index is 12.3. The molecule has 1 aliphatic carbocycles. The number of benzene rings is 1. The summed E-state index contributed by atoms with van der Waals surface area (Å²) < 4.78 is 0. The molecule has 7 heteroatoms. The highest BCUT2D eigenvalue weighted by Crippen LogP contribution is 2.22. The van der Waals surface area contributed by atoms with Gasteiger partial charge in [0.2, 0.25) is 0 Å². The van der Waals surface area contributed by atoms with Crippen LogP contribution in [0.15, 0.2) is 29.3 Å². The van der Waals surface area contributed by atoms with Crippen molar-refractivity contribution >= 4 is 41.8 Å². The Labute approximate surface area is 165 Å². The van der Waals surface area contributed by atoms with Gasteiger partial charge in [-0.25, -0.2) is 0 Å². The summed E-state index contributed by atoms with van der Waals surface area (Å²) in [6.45, 7) is 3.50. The van der Waals surface area contributed by atoms with Crippen LogP contribution in [0.4, 0.5) is 0 Å². The van der Waals surface area contributed by atoms with Crippen LogP contribution in [0, 0.1) is 0 Å². The molecule has 1 fully saturated rings. The predicted molar refractivity (Wildman–Crippen MR) is 109 cm³/mol. The van der Waals surface area contributed by atoms with Gasteiger partial charge in [-0.05, 0) is 31.9 Å². The van der Waals surface area contributed by atoms with Crippen LogP contribution in [0.2, 0.25) is 0 Å². The van der Waals surface area contributed by atoms with Crippen LogP contribution in [0.5, 0.6) is 0 Å². The number of hydrogen-bond donors (Lipinski definition) is 2. The lowest BCUT2D eigenvalue weighted by Gasteiger charge is -2.17. The Morgan fingerprint density at radius 3 is 2.32 bits per heavy atom. The minimum atomic E-state index is -0.223. The average molecular weight is 456 g/mol. The second kappa shape index (κ2) is 9.17. The third kappa shape index (κ3) is 4.50. The van der Waals surface area contributed by atoms with Crippen LogP contribution < -0.4 is 10.6 Å². The van der Waals surface area contributed by atoms with Crippen LogP contribution in [-0.2, 0) is 0 Å². The highest BCUT2D eigenvalue weighted by Gasteiger charge is 2.34. The maximum atomic E-state index is 12.3. The Bertz CT molecular complexity index is 621. The summed E-state index contributed by atoms with van der Waals surface area (Å²) in [5, 5.41) is 6.66. The maximum Gasteiger partial charge on any atom is 0.261 e. The van der Waals surface area contributed by atoms with E-state index < -0.39 is 0 Å². The molecule has 3 rings (SSSR count). The number of aliphatic imine (C=N–C) groups is 1. The number of nitrogens with one attached hydrogen (secondary N) is 2. The predicted octanol–water partition coefficient (Wildman–Crippen LogP) is 2.40. The van der Waals surface area contributed by atoms with Gasteiger partial charge in [0, 0.05) is 19.1 Å². The number of carbonyl (C=O) groups is 2. The van der Waals surface area contributed by atoms with Crippen molar-refractivity contribution in [3.8, 4) is 0 Å². The molecule has 1 aliphatic heterocycles. The third-order valence-electron chi connectivity index (χ3n) is 4.51. The molecule has 0 unspecified atom stereocenters. The van der Waals surface area contributed by atoms with E-state index in [-0.39, 0.29) is 35.8 Å². The monoisotopic (exact) mass is 456 g/mol. The normalized spacial score (nSPS) is 17.5. The number of hydrogen-bond acceptors (Lipinski definition) is 3. The molecule has 2 N–H and O–H groups in total. The lowest BCUT2D eigenvalue weighted by Crippen LogP contribution is -2.43. The zero-order valence-corrected chi connectivity index (χ0v) is 16.8. The number of fused-ring (bicyclic) bond motifs is 1. The summed E-state index contributed by atoms with van der Waals surface area (Å²) in [4.78, 5) is 30.4. The summed E-state index contributed by atoms with van der Waals surface area (Å²) >= 11 is 0. The molecule has 25 heavy (non-hydrogen) atoms. The molecule has 1 saturated carbocycles. The molecule has 1 heterocycles. The summed E-state index contributed by atoms with van der Waals surface area (Å²) in [6, 6.07) is 7.43. The number of halogens is 1. The Hall–Kier alpha value is -1.64. The molecule has 0 spiro atoms. The Morgan fingerprint density at radius 2 is 1.76 bits per heavy atom. The highest BCUT2D eigenvalue weighted by molar-refractivity contribution is 14.0. The molecule has 0 aromatic heterocycles. The van der Waals surface area contributed by atoms with Crippen molar-refractivity contribution in [1.29, 1.82) is 0 Å². The summed E-state index contributed by atoms with van der Waals surface area (Å²) in [5.41, 5.74) is 0.977. The topological polar surface area (TPSA) is 73.8 Å². The number of imide groups is 1. The van der Waals surface area contributed by atoms with E-state index in [0.29, 0.717) is 30.3 Å². The van der Waals surface area contributed by atoms with E-state index in [2.05, 4.69) is 15.6 Å². The molecule has 0 bridgehead atoms. The molecule has 2 amide bonds. The fourth-order valence-electron chi connectivity index (χ4n) is 3.29. The average Bonchev–Trinajstić information content (AvgIpc) is 3.18. The van der Waals surface area contributed by atoms with Crippen LogP contribution in [-0.4, -0.2) is 48.3 Å². The van der Waals surface area contributed by atoms with Gasteiger partial charge < -0.3 is 10.6 Å². The number of guanidine groups is 1. The molecule has 1 aromatic carbocycles. The van der Waals surface area contributed by atoms with Crippen LogP contribution in [0.25, 0.3) is 0 Å². The molecule has 0 atom stereocenters. The van der Waals surface area contributed by atoms with E-state index in [1.165, 1.54) is 30.6 Å². The Kier molecular flexibility index (Phi) is 7.22. The van der Waals surface area contributed by atoms with E-state index >= 15 is 0 Å². The van der Waals surface area contributed by atoms with Crippen LogP contribution in [0.1, 0.15) is 53.3 Å². The Morgan fingerprint density at radius 1 is 1.16 bits per heavy atom. The lowest BCUT2D eigenvalue weighted by atomic mass is 10.1. The molecule has 2 aliphatic rings. The van der Waals surface area contributed by atoms with Gasteiger partial charge in [-0.2, -0.15) is 0 Å². The number of amides is 2. The number of carbonyl (C=O) groups excluding carboxylic acids is 2. The van der Waals surface area contributed by atoms with Gasteiger partial charge in [0.05, 0.1) is 17.7 Å². The van der Waals surface area contributed by atoms with Gasteiger partial charge in [-0.3, -0.25) is 19.5 Å². The van der Waals surface area contributed by atoms with E-state index in [1.54, 1.807) is 24.3 Å². The highest BCUT2D eigenvalue weighted by atomic mass is 127. The first-order chi connectivity index (χ1) is 11.7. The summed E-state index contributed by atoms with van der Waals surface area (Å²) in [5.74, 6) is 0.320. The van der Waals surface area contributed by atoms with Crippen molar-refractivity contribution in [2.75, 3.05) is 19.6 Å². The number of rotatable bonds is 5. The molecule has 1 aromatic rings. The molecule has 6 nitrogen and oxygen atoms in total. The van der Waals surface area contributed by atoms with Crippen molar-refractivity contribution in [3.05, 3.63) is 35.4 Å². The van der Waals surface area contributed by atoms with Gasteiger partial charge in [0.1, 0.15) is 0 Å². The zero-order chi connectivity index (χ0) is 16.9. The van der Waals surface area contributed by atoms with E-state index in [9.17, 15) is 9.59 Å². The minimum absolute atomic E-state index is 0. The fourth-order valence-corrected chi connectivity index (χ4v) is 3.29. The molecule has 0 radical (unpaired) electrons. The van der Waals surface area contributed by atoms with Gasteiger partial charge >= 0.3 is 0 Å². The zero-order valence-electron chi connectivity index (χ0n) is 14.5. The summed E-state index contributed by atoms with van der Waals surface area (Å²) in [7, 11) is 0. The molecule has 136 valence electrons. The van der Waals surface area contributed by atoms with Crippen LogP contribution in [0.3, 0.4) is 0 Å². The van der Waals surface area contributed by atoms with Crippen molar-refractivity contribution in [1.82, 2.24) is 15.5 Å². The van der Waals surface area contributed by atoms with Crippen LogP contribution >= 0.6 is 24.0 Å². The third-order valence-corrected chi connectivity index (χ3v) is 4.51. The minimum Gasteiger partial charge on any atom is -0.357 e. The van der Waals surface area contributed by atoms with Crippen molar-refractivity contribution in [2.24, 2.45) is 4.99 Å². The van der Waals surface area contributed by atoms with Crippen molar-refractivity contribution in [2.45, 2.75) is 38.6 Å². The second-order valence-electron chi connectivity index (χ2n) is 6.19. The van der Waals surface area contributed by atoms with E-state index in [0.717, 1.165) is 12.5 Å². The van der Waals surface area contributed by atoms with Gasteiger partial charge in [0.15, 0.2) is 5.96 Å². The Balaban J connectivity index is 0.00000225. The van der Waals surface area contributed by atoms with Crippen molar-refractivity contribution < 1.29 is 9.59 Å². The first-order valence-electron chi connectivity index (χ1n) is 8.70.